The Balaban J connectivity index is 2.94. The molecule has 1 radical (unpaired) electrons. The molecule has 0 bridgehead atoms. The van der Waals surface area contributed by atoms with Crippen LogP contribution < -0.4 is 0 Å². The molecule has 0 unspecified atom stereocenters. The van der Waals surface area contributed by atoms with Crippen molar-refractivity contribution in [3.05, 3.63) is 35.6 Å². The molecule has 1 rings (SSSR count). The van der Waals surface area contributed by atoms with Gasteiger partial charge < -0.3 is 5.11 Å². The van der Waals surface area contributed by atoms with Crippen molar-refractivity contribution in [1.29, 1.82) is 0 Å². The molecule has 0 atom stereocenters. The maximum Gasteiger partial charge on any atom is 0.131 e. The van der Waals surface area contributed by atoms with Crippen molar-refractivity contribution in [2.75, 3.05) is 0 Å². The van der Waals surface area contributed by atoms with E-state index in [1.165, 1.54) is 12.1 Å². The molecular formula is C7H6FO. The summed E-state index contributed by atoms with van der Waals surface area (Å²) in [6.45, 7) is -0.155. The first kappa shape index (κ1) is 6.23. The average molecular weight is 125 g/mol. The minimum absolute atomic E-state index is 0.155. The van der Waals surface area contributed by atoms with Crippen LogP contribution in [0.1, 0.15) is 5.56 Å². The van der Waals surface area contributed by atoms with Gasteiger partial charge >= 0.3 is 0 Å². The van der Waals surface area contributed by atoms with Gasteiger partial charge in [0.2, 0.25) is 0 Å². The second-order valence-corrected chi connectivity index (χ2v) is 1.68. The summed E-state index contributed by atoms with van der Waals surface area (Å²) in [7, 11) is 0. The molecule has 0 aromatic heterocycles. The monoisotopic (exact) mass is 125 g/mol. The largest absolute Gasteiger partial charge is 0.392 e. The summed E-state index contributed by atoms with van der Waals surface area (Å²) in [5, 5.41) is 8.46. The first-order valence-corrected chi connectivity index (χ1v) is 2.60. The number of halogens is 1. The SMILES string of the molecule is OCc1[c]c(F)ccc1. The Kier molecular flexibility index (Phi) is 1.80. The summed E-state index contributed by atoms with van der Waals surface area (Å²) in [4.78, 5) is 0. The third-order valence-electron chi connectivity index (χ3n) is 0.990. The van der Waals surface area contributed by atoms with Crippen LogP contribution in [0.4, 0.5) is 4.39 Å². The number of benzene rings is 1. The third kappa shape index (κ3) is 1.50. The standard InChI is InChI=1S/C7H6FO/c8-7-3-1-2-6(4-7)5-9/h1-3,9H,5H2. The second kappa shape index (κ2) is 2.60. The fraction of sp³-hybridized carbons (Fsp3) is 0.143. The van der Waals surface area contributed by atoms with Gasteiger partial charge in [0, 0.05) is 6.07 Å². The zero-order valence-electron chi connectivity index (χ0n) is 4.76. The van der Waals surface area contributed by atoms with Crippen LogP contribution >= 0.6 is 0 Å². The number of hydrogen-bond donors (Lipinski definition) is 1. The minimum atomic E-state index is -0.429. The molecule has 0 aliphatic heterocycles. The summed E-state index contributed by atoms with van der Waals surface area (Å²) in [5.41, 5.74) is 0.481. The molecule has 1 aromatic carbocycles. The van der Waals surface area contributed by atoms with E-state index in [-0.39, 0.29) is 6.61 Å². The fourth-order valence-electron chi connectivity index (χ4n) is 0.578. The van der Waals surface area contributed by atoms with Crippen molar-refractivity contribution in [2.45, 2.75) is 6.61 Å². The van der Waals surface area contributed by atoms with E-state index in [2.05, 4.69) is 6.07 Å². The Labute approximate surface area is 52.8 Å². The number of hydrogen-bond acceptors (Lipinski definition) is 1. The zero-order chi connectivity index (χ0) is 6.69. The van der Waals surface area contributed by atoms with E-state index >= 15 is 0 Å². The van der Waals surface area contributed by atoms with Gasteiger partial charge in [0.25, 0.3) is 0 Å². The highest BCUT2D eigenvalue weighted by atomic mass is 19.1. The summed E-state index contributed by atoms with van der Waals surface area (Å²) >= 11 is 0. The van der Waals surface area contributed by atoms with E-state index in [0.29, 0.717) is 5.56 Å². The molecule has 0 heterocycles. The van der Waals surface area contributed by atoms with Crippen molar-refractivity contribution < 1.29 is 9.50 Å². The van der Waals surface area contributed by atoms with Crippen molar-refractivity contribution in [2.24, 2.45) is 0 Å². The molecule has 0 fully saturated rings. The first-order valence-electron chi connectivity index (χ1n) is 2.60. The van der Waals surface area contributed by atoms with Crippen LogP contribution in [0.25, 0.3) is 0 Å². The molecule has 0 spiro atoms. The van der Waals surface area contributed by atoms with Crippen LogP contribution in [0, 0.1) is 11.9 Å². The summed E-state index contributed by atoms with van der Waals surface area (Å²) in [6, 6.07) is 6.78. The van der Waals surface area contributed by atoms with Gasteiger partial charge in [0.05, 0.1) is 6.61 Å². The van der Waals surface area contributed by atoms with E-state index in [1.807, 2.05) is 0 Å². The van der Waals surface area contributed by atoms with E-state index < -0.39 is 5.82 Å². The highest BCUT2D eigenvalue weighted by Crippen LogP contribution is 2.00. The van der Waals surface area contributed by atoms with Crippen molar-refractivity contribution in [3.63, 3.8) is 0 Å². The van der Waals surface area contributed by atoms with Crippen LogP contribution in [0.2, 0.25) is 0 Å². The molecule has 47 valence electrons. The lowest BCUT2D eigenvalue weighted by Crippen LogP contribution is -1.83. The van der Waals surface area contributed by atoms with Gasteiger partial charge in [-0.3, -0.25) is 0 Å². The van der Waals surface area contributed by atoms with Gasteiger partial charge in [-0.2, -0.15) is 0 Å². The number of aliphatic hydroxyl groups is 1. The molecule has 2 heteroatoms. The Morgan fingerprint density at radius 1 is 1.56 bits per heavy atom. The third-order valence-corrected chi connectivity index (χ3v) is 0.990. The van der Waals surface area contributed by atoms with Crippen LogP contribution in [-0.4, -0.2) is 5.11 Å². The topological polar surface area (TPSA) is 20.2 Å². The van der Waals surface area contributed by atoms with Gasteiger partial charge in [-0.25, -0.2) is 4.39 Å². The molecule has 0 aliphatic carbocycles. The Morgan fingerprint density at radius 2 is 2.33 bits per heavy atom. The Bertz CT molecular complexity index is 198. The van der Waals surface area contributed by atoms with Gasteiger partial charge in [-0.05, 0) is 11.6 Å². The molecule has 9 heavy (non-hydrogen) atoms. The molecule has 0 aliphatic rings. The number of aliphatic hydroxyl groups excluding tert-OH is 1. The summed E-state index contributed by atoms with van der Waals surface area (Å²) < 4.78 is 12.2. The van der Waals surface area contributed by atoms with Crippen LogP contribution in [0.5, 0.6) is 0 Å². The lowest BCUT2D eigenvalue weighted by Gasteiger charge is -1.91. The number of rotatable bonds is 1. The van der Waals surface area contributed by atoms with Crippen LogP contribution in [0.15, 0.2) is 18.2 Å². The molecule has 1 nitrogen and oxygen atoms in total. The molecule has 1 aromatic rings. The van der Waals surface area contributed by atoms with Gasteiger partial charge in [-0.1, -0.05) is 12.1 Å². The second-order valence-electron chi connectivity index (χ2n) is 1.68. The first-order chi connectivity index (χ1) is 4.33. The predicted molar refractivity (Wildman–Crippen MR) is 31.2 cm³/mol. The highest BCUT2D eigenvalue weighted by Gasteiger charge is 1.90. The molecule has 0 amide bonds. The molecule has 0 saturated heterocycles. The smallest absolute Gasteiger partial charge is 0.131 e. The van der Waals surface area contributed by atoms with Gasteiger partial charge in [-0.15, -0.1) is 0 Å². The lowest BCUT2D eigenvalue weighted by molar-refractivity contribution is 0.281. The van der Waals surface area contributed by atoms with E-state index in [0.717, 1.165) is 0 Å². The van der Waals surface area contributed by atoms with E-state index in [9.17, 15) is 4.39 Å². The fourth-order valence-corrected chi connectivity index (χ4v) is 0.578. The summed E-state index contributed by atoms with van der Waals surface area (Å²) in [6.07, 6.45) is 0. The van der Waals surface area contributed by atoms with Gasteiger partial charge in [0.15, 0.2) is 0 Å². The lowest BCUT2D eigenvalue weighted by atomic mass is 10.2. The van der Waals surface area contributed by atoms with Crippen LogP contribution in [0.3, 0.4) is 0 Å². The van der Waals surface area contributed by atoms with E-state index in [4.69, 9.17) is 5.11 Å². The molecule has 0 saturated carbocycles. The quantitative estimate of drug-likeness (QED) is 0.596. The van der Waals surface area contributed by atoms with Crippen molar-refractivity contribution in [1.82, 2.24) is 0 Å². The van der Waals surface area contributed by atoms with Crippen LogP contribution in [-0.2, 0) is 6.61 Å². The Hall–Kier alpha value is -0.890. The normalized spacial score (nSPS) is 9.56. The average Bonchev–Trinajstić information content (AvgIpc) is 1.88. The van der Waals surface area contributed by atoms with E-state index in [1.54, 1.807) is 6.07 Å². The summed E-state index contributed by atoms with van der Waals surface area (Å²) in [5.74, 6) is -0.429. The Morgan fingerprint density at radius 3 is 2.78 bits per heavy atom. The molecule has 1 N–H and O–H groups in total. The molecular weight excluding hydrogens is 119 g/mol. The zero-order valence-corrected chi connectivity index (χ0v) is 4.76. The van der Waals surface area contributed by atoms with Crippen molar-refractivity contribution >= 4 is 0 Å². The van der Waals surface area contributed by atoms with Crippen molar-refractivity contribution in [3.8, 4) is 0 Å². The highest BCUT2D eigenvalue weighted by molar-refractivity contribution is 5.13. The minimum Gasteiger partial charge on any atom is -0.392 e. The maximum absolute atomic E-state index is 12.2. The van der Waals surface area contributed by atoms with Gasteiger partial charge in [0.1, 0.15) is 5.82 Å². The maximum atomic E-state index is 12.2. The predicted octanol–water partition coefficient (Wildman–Crippen LogP) is 1.12.